The zero-order chi connectivity index (χ0) is 12.4. The Morgan fingerprint density at radius 1 is 1.50 bits per heavy atom. The first kappa shape index (κ1) is 13.5. The van der Waals surface area contributed by atoms with Gasteiger partial charge in [0.25, 0.3) is 0 Å². The second-order valence-electron chi connectivity index (χ2n) is 5.93. The van der Waals surface area contributed by atoms with Crippen LogP contribution >= 0.6 is 0 Å². The van der Waals surface area contributed by atoms with Gasteiger partial charge in [-0.3, -0.25) is 4.79 Å². The number of hydrogen-bond donors (Lipinski definition) is 1. The quantitative estimate of drug-likeness (QED) is 0.755. The first-order chi connectivity index (χ1) is 7.33. The second kappa shape index (κ2) is 4.74. The van der Waals surface area contributed by atoms with Crippen LogP contribution in [-0.4, -0.2) is 23.3 Å². The Morgan fingerprint density at radius 3 is 2.50 bits per heavy atom. The first-order valence-electron chi connectivity index (χ1n) is 6.17. The minimum atomic E-state index is -0.420. The van der Waals surface area contributed by atoms with E-state index in [0.717, 1.165) is 25.7 Å². The van der Waals surface area contributed by atoms with E-state index in [1.165, 1.54) is 0 Å². The van der Waals surface area contributed by atoms with Crippen LogP contribution in [0.1, 0.15) is 53.4 Å². The molecule has 1 N–H and O–H groups in total. The summed E-state index contributed by atoms with van der Waals surface area (Å²) in [6.45, 7) is 7.90. The molecule has 0 aliphatic heterocycles. The lowest BCUT2D eigenvalue weighted by atomic mass is 9.82. The number of rotatable bonds is 3. The molecular weight excluding hydrogens is 204 g/mol. The topological polar surface area (TPSA) is 46.5 Å². The molecule has 1 aliphatic rings. The van der Waals surface area contributed by atoms with E-state index >= 15 is 0 Å². The van der Waals surface area contributed by atoms with E-state index in [2.05, 4.69) is 0 Å². The minimum absolute atomic E-state index is 0.0848. The van der Waals surface area contributed by atoms with Crippen molar-refractivity contribution in [1.29, 1.82) is 0 Å². The summed E-state index contributed by atoms with van der Waals surface area (Å²) in [6.07, 6.45) is 3.36. The van der Waals surface area contributed by atoms with Gasteiger partial charge in [0.05, 0.1) is 5.41 Å². The SMILES string of the molecule is CCC1(C(=O)OC(C)(C)C)CCC(CO)C1. The number of hydrogen-bond acceptors (Lipinski definition) is 3. The molecule has 0 aromatic heterocycles. The molecule has 2 unspecified atom stereocenters. The van der Waals surface area contributed by atoms with Gasteiger partial charge in [-0.1, -0.05) is 6.92 Å². The summed E-state index contributed by atoms with van der Waals surface area (Å²) < 4.78 is 5.49. The van der Waals surface area contributed by atoms with E-state index in [1.54, 1.807) is 0 Å². The molecular formula is C13H24O3. The van der Waals surface area contributed by atoms with E-state index in [0.29, 0.717) is 0 Å². The zero-order valence-electron chi connectivity index (χ0n) is 10.9. The number of ether oxygens (including phenoxy) is 1. The standard InChI is InChI=1S/C13H24O3/c1-5-13(7-6-10(8-13)9-14)11(15)16-12(2,3)4/h10,14H,5-9H2,1-4H3. The van der Waals surface area contributed by atoms with E-state index in [4.69, 9.17) is 9.84 Å². The van der Waals surface area contributed by atoms with Crippen molar-refractivity contribution in [3.8, 4) is 0 Å². The molecule has 3 nitrogen and oxygen atoms in total. The van der Waals surface area contributed by atoms with Crippen molar-refractivity contribution in [2.75, 3.05) is 6.61 Å². The van der Waals surface area contributed by atoms with E-state index in [9.17, 15) is 4.79 Å². The third-order valence-corrected chi connectivity index (χ3v) is 3.48. The van der Waals surface area contributed by atoms with Crippen LogP contribution in [0.15, 0.2) is 0 Å². The first-order valence-corrected chi connectivity index (χ1v) is 6.17. The van der Waals surface area contributed by atoms with Crippen LogP contribution in [0.3, 0.4) is 0 Å². The Morgan fingerprint density at radius 2 is 2.12 bits per heavy atom. The molecule has 1 rings (SSSR count). The summed E-state index contributed by atoms with van der Waals surface area (Å²) in [5, 5.41) is 9.16. The predicted octanol–water partition coefficient (Wildman–Crippen LogP) is 2.52. The van der Waals surface area contributed by atoms with E-state index < -0.39 is 5.60 Å². The molecule has 2 atom stereocenters. The molecule has 0 spiro atoms. The smallest absolute Gasteiger partial charge is 0.312 e. The molecule has 0 aromatic rings. The normalized spacial score (nSPS) is 30.4. The van der Waals surface area contributed by atoms with Crippen molar-refractivity contribution in [1.82, 2.24) is 0 Å². The van der Waals surface area contributed by atoms with Gasteiger partial charge in [-0.15, -0.1) is 0 Å². The van der Waals surface area contributed by atoms with Gasteiger partial charge in [0.15, 0.2) is 0 Å². The van der Waals surface area contributed by atoms with Crippen molar-refractivity contribution in [3.63, 3.8) is 0 Å². The van der Waals surface area contributed by atoms with Gasteiger partial charge in [0.1, 0.15) is 5.60 Å². The molecule has 0 aromatic carbocycles. The molecule has 94 valence electrons. The highest BCUT2D eigenvalue weighted by molar-refractivity contribution is 5.77. The summed E-state index contributed by atoms with van der Waals surface area (Å²) in [7, 11) is 0. The van der Waals surface area contributed by atoms with Crippen molar-refractivity contribution < 1.29 is 14.6 Å². The van der Waals surface area contributed by atoms with Gasteiger partial charge in [0, 0.05) is 6.61 Å². The fraction of sp³-hybridized carbons (Fsp3) is 0.923. The molecule has 16 heavy (non-hydrogen) atoms. The predicted molar refractivity (Wildman–Crippen MR) is 63.0 cm³/mol. The lowest BCUT2D eigenvalue weighted by Gasteiger charge is -2.30. The van der Waals surface area contributed by atoms with Crippen molar-refractivity contribution in [2.24, 2.45) is 11.3 Å². The number of esters is 1. The lowest BCUT2D eigenvalue weighted by molar-refractivity contribution is -0.168. The largest absolute Gasteiger partial charge is 0.460 e. The fourth-order valence-electron chi connectivity index (χ4n) is 2.43. The van der Waals surface area contributed by atoms with Crippen LogP contribution in [0.5, 0.6) is 0 Å². The van der Waals surface area contributed by atoms with E-state index in [-0.39, 0.29) is 23.9 Å². The summed E-state index contributed by atoms with van der Waals surface area (Å²) in [5.41, 5.74) is -0.767. The number of carbonyl (C=O) groups excluding carboxylic acids is 1. The van der Waals surface area contributed by atoms with Gasteiger partial charge in [-0.05, 0) is 52.4 Å². The fourth-order valence-corrected chi connectivity index (χ4v) is 2.43. The zero-order valence-corrected chi connectivity index (χ0v) is 10.9. The highest BCUT2D eigenvalue weighted by Crippen LogP contribution is 2.45. The van der Waals surface area contributed by atoms with Gasteiger partial charge in [0.2, 0.25) is 0 Å². The van der Waals surface area contributed by atoms with Crippen LogP contribution in [0, 0.1) is 11.3 Å². The average molecular weight is 228 g/mol. The molecule has 1 fully saturated rings. The van der Waals surface area contributed by atoms with Crippen LogP contribution in [-0.2, 0) is 9.53 Å². The number of aliphatic hydroxyl groups is 1. The average Bonchev–Trinajstić information content (AvgIpc) is 2.59. The van der Waals surface area contributed by atoms with Crippen LogP contribution < -0.4 is 0 Å². The highest BCUT2D eigenvalue weighted by Gasteiger charge is 2.45. The summed E-state index contributed by atoms with van der Waals surface area (Å²) in [4.78, 5) is 12.2. The molecule has 0 amide bonds. The summed E-state index contributed by atoms with van der Waals surface area (Å²) in [5.74, 6) is 0.186. The molecule has 1 saturated carbocycles. The van der Waals surface area contributed by atoms with Crippen molar-refractivity contribution >= 4 is 5.97 Å². The molecule has 0 bridgehead atoms. The van der Waals surface area contributed by atoms with Gasteiger partial charge in [-0.25, -0.2) is 0 Å². The third kappa shape index (κ3) is 2.97. The molecule has 0 heterocycles. The monoisotopic (exact) mass is 228 g/mol. The van der Waals surface area contributed by atoms with Gasteiger partial charge in [-0.2, -0.15) is 0 Å². The summed E-state index contributed by atoms with van der Waals surface area (Å²) in [6, 6.07) is 0. The minimum Gasteiger partial charge on any atom is -0.460 e. The molecule has 3 heteroatoms. The Kier molecular flexibility index (Phi) is 4.00. The maximum Gasteiger partial charge on any atom is 0.312 e. The maximum atomic E-state index is 12.2. The molecule has 0 saturated heterocycles. The highest BCUT2D eigenvalue weighted by atomic mass is 16.6. The van der Waals surface area contributed by atoms with Crippen LogP contribution in [0.4, 0.5) is 0 Å². The Balaban J connectivity index is 2.71. The Labute approximate surface area is 98.2 Å². The molecule has 0 radical (unpaired) electrons. The van der Waals surface area contributed by atoms with Crippen molar-refractivity contribution in [3.05, 3.63) is 0 Å². The lowest BCUT2D eigenvalue weighted by Crippen LogP contribution is -2.36. The number of aliphatic hydroxyl groups excluding tert-OH is 1. The maximum absolute atomic E-state index is 12.2. The van der Waals surface area contributed by atoms with Gasteiger partial charge < -0.3 is 9.84 Å². The van der Waals surface area contributed by atoms with E-state index in [1.807, 2.05) is 27.7 Å². The summed E-state index contributed by atoms with van der Waals surface area (Å²) >= 11 is 0. The second-order valence-corrected chi connectivity index (χ2v) is 5.93. The molecule has 1 aliphatic carbocycles. The van der Waals surface area contributed by atoms with Crippen LogP contribution in [0.25, 0.3) is 0 Å². The third-order valence-electron chi connectivity index (χ3n) is 3.48. The van der Waals surface area contributed by atoms with Crippen LogP contribution in [0.2, 0.25) is 0 Å². The Hall–Kier alpha value is -0.570. The van der Waals surface area contributed by atoms with Gasteiger partial charge >= 0.3 is 5.97 Å². The number of carbonyl (C=O) groups is 1. The Bertz CT molecular complexity index is 254. The van der Waals surface area contributed by atoms with Crippen molar-refractivity contribution in [2.45, 2.75) is 59.0 Å².